The second kappa shape index (κ2) is 4.90. The second-order valence-corrected chi connectivity index (χ2v) is 4.85. The van der Waals surface area contributed by atoms with E-state index >= 15 is 0 Å². The highest BCUT2D eigenvalue weighted by molar-refractivity contribution is 6.30. The summed E-state index contributed by atoms with van der Waals surface area (Å²) in [5.74, 6) is 0. The van der Waals surface area contributed by atoms with Gasteiger partial charge in [-0.3, -0.25) is 0 Å². The molecule has 4 nitrogen and oxygen atoms in total. The summed E-state index contributed by atoms with van der Waals surface area (Å²) in [5, 5.41) is 8.41. The van der Waals surface area contributed by atoms with Crippen LogP contribution in [-0.4, -0.2) is 14.6 Å². The fourth-order valence-electron chi connectivity index (χ4n) is 1.90. The normalized spacial score (nSPS) is 10.8. The van der Waals surface area contributed by atoms with Crippen molar-refractivity contribution in [3.8, 4) is 0 Å². The zero-order valence-corrected chi connectivity index (χ0v) is 11.2. The minimum atomic E-state index is 0.698. The highest BCUT2D eigenvalue weighted by atomic mass is 35.5. The molecular formula is C14H13ClN4. The molecule has 1 aromatic carbocycles. The lowest BCUT2D eigenvalue weighted by Crippen LogP contribution is -2.02. The lowest BCUT2D eigenvalue weighted by Gasteiger charge is -2.06. The number of aromatic nitrogens is 3. The highest BCUT2D eigenvalue weighted by Crippen LogP contribution is 2.14. The van der Waals surface area contributed by atoms with Crippen molar-refractivity contribution in [2.24, 2.45) is 0 Å². The van der Waals surface area contributed by atoms with Crippen molar-refractivity contribution in [1.29, 1.82) is 0 Å². The second-order valence-electron chi connectivity index (χ2n) is 4.41. The van der Waals surface area contributed by atoms with Gasteiger partial charge in [0, 0.05) is 41.3 Å². The van der Waals surface area contributed by atoms with Gasteiger partial charge in [0.15, 0.2) is 5.65 Å². The summed E-state index contributed by atoms with van der Waals surface area (Å²) in [6.07, 6.45) is 3.84. The fourth-order valence-corrected chi connectivity index (χ4v) is 2.02. The molecule has 0 spiro atoms. The molecule has 96 valence electrons. The highest BCUT2D eigenvalue weighted by Gasteiger charge is 2.01. The van der Waals surface area contributed by atoms with E-state index in [2.05, 4.69) is 15.4 Å². The van der Waals surface area contributed by atoms with Gasteiger partial charge in [-0.25, -0.2) is 9.50 Å². The van der Waals surface area contributed by atoms with Crippen molar-refractivity contribution < 1.29 is 0 Å². The molecule has 0 bridgehead atoms. The number of halogens is 1. The van der Waals surface area contributed by atoms with Crippen LogP contribution in [0, 0.1) is 6.92 Å². The number of fused-ring (bicyclic) bond motifs is 1. The molecule has 5 heteroatoms. The minimum absolute atomic E-state index is 0.698. The summed E-state index contributed by atoms with van der Waals surface area (Å²) in [4.78, 5) is 4.37. The van der Waals surface area contributed by atoms with Crippen LogP contribution in [0.4, 0.5) is 5.69 Å². The van der Waals surface area contributed by atoms with Gasteiger partial charge in [0.1, 0.15) is 0 Å². The Morgan fingerprint density at radius 3 is 2.84 bits per heavy atom. The maximum Gasteiger partial charge on any atom is 0.155 e. The van der Waals surface area contributed by atoms with Crippen LogP contribution in [0.2, 0.25) is 5.02 Å². The van der Waals surface area contributed by atoms with Crippen molar-refractivity contribution >= 4 is 22.9 Å². The molecule has 1 N–H and O–H groups in total. The van der Waals surface area contributed by atoms with E-state index in [-0.39, 0.29) is 0 Å². The number of nitrogens with zero attached hydrogens (tertiary/aromatic N) is 3. The third-order valence-corrected chi connectivity index (χ3v) is 3.08. The number of hydrogen-bond acceptors (Lipinski definition) is 3. The maximum absolute atomic E-state index is 5.85. The summed E-state index contributed by atoms with van der Waals surface area (Å²) >= 11 is 5.85. The van der Waals surface area contributed by atoms with E-state index in [1.807, 2.05) is 49.6 Å². The first-order chi connectivity index (χ1) is 9.20. The molecule has 0 aliphatic rings. The first-order valence-corrected chi connectivity index (χ1v) is 6.39. The molecule has 0 fully saturated rings. The van der Waals surface area contributed by atoms with E-state index in [1.165, 1.54) is 0 Å². The average Bonchev–Trinajstić information content (AvgIpc) is 2.77. The van der Waals surface area contributed by atoms with Crippen LogP contribution >= 0.6 is 11.6 Å². The van der Waals surface area contributed by atoms with E-state index in [0.717, 1.165) is 27.6 Å². The predicted octanol–water partition coefficient (Wildman–Crippen LogP) is 3.30. The van der Waals surface area contributed by atoms with Crippen LogP contribution < -0.4 is 5.32 Å². The Kier molecular flexibility index (Phi) is 3.09. The van der Waals surface area contributed by atoms with Crippen LogP contribution in [0.3, 0.4) is 0 Å². The topological polar surface area (TPSA) is 42.2 Å². The molecule has 2 heterocycles. The summed E-state index contributed by atoms with van der Waals surface area (Å²) in [6, 6.07) is 9.58. The Labute approximate surface area is 116 Å². The van der Waals surface area contributed by atoms with E-state index < -0.39 is 0 Å². The van der Waals surface area contributed by atoms with Crippen LogP contribution in [0.15, 0.2) is 42.7 Å². The van der Waals surface area contributed by atoms with Gasteiger partial charge in [0.2, 0.25) is 0 Å². The fraction of sp³-hybridized carbons (Fsp3) is 0.143. The van der Waals surface area contributed by atoms with Crippen LogP contribution in [0.25, 0.3) is 5.65 Å². The molecule has 0 amide bonds. The molecule has 0 unspecified atom stereocenters. The lowest BCUT2D eigenvalue weighted by molar-refractivity contribution is 0.895. The van der Waals surface area contributed by atoms with Crippen LogP contribution in [0.5, 0.6) is 0 Å². The van der Waals surface area contributed by atoms with Gasteiger partial charge < -0.3 is 5.32 Å². The predicted molar refractivity (Wildman–Crippen MR) is 76.5 cm³/mol. The van der Waals surface area contributed by atoms with Gasteiger partial charge in [-0.15, -0.1) is 0 Å². The molecule has 19 heavy (non-hydrogen) atoms. The van der Waals surface area contributed by atoms with Gasteiger partial charge in [-0.05, 0) is 31.2 Å². The van der Waals surface area contributed by atoms with Gasteiger partial charge in [0.05, 0.1) is 5.69 Å². The third-order valence-electron chi connectivity index (χ3n) is 2.83. The van der Waals surface area contributed by atoms with Crippen LogP contribution in [0.1, 0.15) is 11.3 Å². The van der Waals surface area contributed by atoms with E-state index in [4.69, 9.17) is 11.6 Å². The number of aryl methyl sites for hydroxylation is 1. The van der Waals surface area contributed by atoms with Crippen LogP contribution in [-0.2, 0) is 6.54 Å². The van der Waals surface area contributed by atoms with Gasteiger partial charge in [-0.1, -0.05) is 11.6 Å². The van der Waals surface area contributed by atoms with Gasteiger partial charge in [0.25, 0.3) is 0 Å². The van der Waals surface area contributed by atoms with Gasteiger partial charge >= 0.3 is 0 Å². The first-order valence-electron chi connectivity index (χ1n) is 6.01. The maximum atomic E-state index is 5.85. The van der Waals surface area contributed by atoms with E-state index in [0.29, 0.717) is 6.54 Å². The monoisotopic (exact) mass is 272 g/mol. The number of rotatable bonds is 3. The van der Waals surface area contributed by atoms with Crippen molar-refractivity contribution in [3.63, 3.8) is 0 Å². The zero-order chi connectivity index (χ0) is 13.2. The summed E-state index contributed by atoms with van der Waals surface area (Å²) in [6.45, 7) is 2.66. The molecule has 2 aromatic heterocycles. The van der Waals surface area contributed by atoms with E-state index in [1.54, 1.807) is 4.52 Å². The minimum Gasteiger partial charge on any atom is -0.381 e. The van der Waals surface area contributed by atoms with Crippen molar-refractivity contribution in [2.45, 2.75) is 13.5 Å². The Balaban J connectivity index is 1.75. The summed E-state index contributed by atoms with van der Waals surface area (Å²) in [7, 11) is 0. The molecule has 0 radical (unpaired) electrons. The third kappa shape index (κ3) is 2.69. The number of nitrogens with one attached hydrogen (secondary N) is 1. The molecule has 0 atom stereocenters. The van der Waals surface area contributed by atoms with E-state index in [9.17, 15) is 0 Å². The lowest BCUT2D eigenvalue weighted by atomic mass is 10.3. The average molecular weight is 273 g/mol. The standard InChI is InChI=1S/C14H13ClN4/c1-10-6-14-17-8-11(9-19(14)18-10)7-16-13-4-2-12(15)3-5-13/h2-6,8-9,16H,7H2,1H3. The first kappa shape index (κ1) is 12.0. The molecule has 0 saturated heterocycles. The SMILES string of the molecule is Cc1cc2ncc(CNc3ccc(Cl)cc3)cn2n1. The smallest absolute Gasteiger partial charge is 0.155 e. The number of anilines is 1. The van der Waals surface area contributed by atoms with Gasteiger partial charge in [-0.2, -0.15) is 5.10 Å². The molecule has 3 aromatic rings. The largest absolute Gasteiger partial charge is 0.381 e. The Morgan fingerprint density at radius 1 is 1.26 bits per heavy atom. The quantitative estimate of drug-likeness (QED) is 0.795. The molecule has 0 aliphatic carbocycles. The van der Waals surface area contributed by atoms with Crippen molar-refractivity contribution in [1.82, 2.24) is 14.6 Å². The molecule has 0 saturated carbocycles. The summed E-state index contributed by atoms with van der Waals surface area (Å²) in [5.41, 5.74) is 3.94. The van der Waals surface area contributed by atoms with Crippen molar-refractivity contribution in [3.05, 3.63) is 59.0 Å². The number of hydrogen-bond donors (Lipinski definition) is 1. The molecular weight excluding hydrogens is 260 g/mol. The Hall–Kier alpha value is -2.07. The summed E-state index contributed by atoms with van der Waals surface area (Å²) < 4.78 is 1.80. The zero-order valence-electron chi connectivity index (χ0n) is 10.5. The number of benzene rings is 1. The Morgan fingerprint density at radius 2 is 2.05 bits per heavy atom. The molecule has 0 aliphatic heterocycles. The van der Waals surface area contributed by atoms with Crippen molar-refractivity contribution in [2.75, 3.05) is 5.32 Å². The molecule has 3 rings (SSSR count). The Bertz CT molecular complexity index is 703.